The maximum atomic E-state index is 11.3. The van der Waals surface area contributed by atoms with E-state index >= 15 is 0 Å². The van der Waals surface area contributed by atoms with E-state index in [0.29, 0.717) is 31.5 Å². The van der Waals surface area contributed by atoms with Crippen LogP contribution < -0.4 is 0 Å². The van der Waals surface area contributed by atoms with Gasteiger partial charge in [-0.15, -0.1) is 0 Å². The Bertz CT molecular complexity index is 503. The van der Waals surface area contributed by atoms with Crippen molar-refractivity contribution < 1.29 is 19.3 Å². The Labute approximate surface area is 245 Å². The lowest BCUT2D eigenvalue weighted by Gasteiger charge is -2.32. The molecule has 0 rings (SSSR count). The molecule has 4 nitrogen and oxygen atoms in total. The standard InChI is InChI=1S/C35H72O4/c1-8-11-13-14-17-20-23-27-37-28-24-21-18-15-16-19-22-26-35(36,38-30-32(4)29-34(5,6)7)39-31-33(10-3)25-12-9-2/h32-33,36H,8-31H2,1-7H3. The summed E-state index contributed by atoms with van der Waals surface area (Å²) in [5, 5.41) is 11.3. The Balaban J connectivity index is 4.10. The summed E-state index contributed by atoms with van der Waals surface area (Å²) in [7, 11) is 0. The quantitative estimate of drug-likeness (QED) is 0.0735. The number of rotatable bonds is 29. The van der Waals surface area contributed by atoms with Gasteiger partial charge in [0, 0.05) is 19.6 Å². The molecule has 0 aromatic carbocycles. The number of hydrogen-bond acceptors (Lipinski definition) is 4. The second-order valence-electron chi connectivity index (χ2n) is 13.6. The predicted octanol–water partition coefficient (Wildman–Crippen LogP) is 10.8. The molecule has 0 aliphatic heterocycles. The first-order chi connectivity index (χ1) is 18.7. The Kier molecular flexibility index (Phi) is 25.4. The Morgan fingerprint density at radius 1 is 0.615 bits per heavy atom. The summed E-state index contributed by atoms with van der Waals surface area (Å²) in [5.74, 6) is -0.563. The average Bonchev–Trinajstić information content (AvgIpc) is 2.88. The number of ether oxygens (including phenoxy) is 3. The normalized spacial score (nSPS) is 15.4. The van der Waals surface area contributed by atoms with E-state index in [2.05, 4.69) is 48.5 Å². The van der Waals surface area contributed by atoms with Crippen LogP contribution in [0, 0.1) is 17.3 Å². The van der Waals surface area contributed by atoms with Gasteiger partial charge in [0.25, 0.3) is 5.97 Å². The second-order valence-corrected chi connectivity index (χ2v) is 13.6. The SMILES string of the molecule is CCCCCCCCCOCCCCCCCCCC(O)(OCC(C)CC(C)(C)C)OCC(CC)CCCC. The number of unbranched alkanes of at least 4 members (excludes halogenated alkanes) is 13. The molecule has 4 heteroatoms. The van der Waals surface area contributed by atoms with Crippen molar-refractivity contribution in [2.75, 3.05) is 26.4 Å². The molecule has 0 saturated carbocycles. The van der Waals surface area contributed by atoms with E-state index in [9.17, 15) is 5.11 Å². The molecule has 236 valence electrons. The van der Waals surface area contributed by atoms with Crippen LogP contribution >= 0.6 is 0 Å². The first-order valence-corrected chi connectivity index (χ1v) is 17.2. The number of aliphatic hydroxyl groups is 1. The molecule has 0 bridgehead atoms. The molecule has 0 aliphatic carbocycles. The molecule has 0 fully saturated rings. The van der Waals surface area contributed by atoms with Gasteiger partial charge in [-0.25, -0.2) is 0 Å². The predicted molar refractivity (Wildman–Crippen MR) is 169 cm³/mol. The van der Waals surface area contributed by atoms with Gasteiger partial charge in [-0.2, -0.15) is 0 Å². The molecular formula is C35H72O4. The van der Waals surface area contributed by atoms with Crippen LogP contribution in [0.4, 0.5) is 0 Å². The van der Waals surface area contributed by atoms with Crippen molar-refractivity contribution in [1.82, 2.24) is 0 Å². The summed E-state index contributed by atoms with van der Waals surface area (Å²) < 4.78 is 18.0. The number of hydrogen-bond donors (Lipinski definition) is 1. The lowest BCUT2D eigenvalue weighted by atomic mass is 9.86. The average molecular weight is 557 g/mol. The Hall–Kier alpha value is -0.160. The summed E-state index contributed by atoms with van der Waals surface area (Å²) in [6.07, 6.45) is 24.0. The molecule has 39 heavy (non-hydrogen) atoms. The zero-order chi connectivity index (χ0) is 29.2. The topological polar surface area (TPSA) is 47.9 Å². The van der Waals surface area contributed by atoms with Crippen molar-refractivity contribution in [2.45, 2.75) is 183 Å². The third-order valence-corrected chi connectivity index (χ3v) is 7.82. The van der Waals surface area contributed by atoms with Gasteiger partial charge in [0.05, 0.1) is 13.2 Å². The zero-order valence-electron chi connectivity index (χ0n) is 27.8. The van der Waals surface area contributed by atoms with Gasteiger partial charge in [-0.05, 0) is 49.4 Å². The van der Waals surface area contributed by atoms with Crippen molar-refractivity contribution in [3.05, 3.63) is 0 Å². The molecule has 0 aromatic rings. The molecule has 0 aromatic heterocycles. The summed E-state index contributed by atoms with van der Waals surface area (Å²) >= 11 is 0. The highest BCUT2D eigenvalue weighted by Crippen LogP contribution is 2.28. The van der Waals surface area contributed by atoms with E-state index in [1.807, 2.05) is 0 Å². The summed E-state index contributed by atoms with van der Waals surface area (Å²) in [6, 6.07) is 0. The summed E-state index contributed by atoms with van der Waals surface area (Å²) in [5.41, 5.74) is 0.259. The van der Waals surface area contributed by atoms with Crippen LogP contribution in [0.2, 0.25) is 0 Å². The van der Waals surface area contributed by atoms with Gasteiger partial charge in [-0.1, -0.05) is 138 Å². The van der Waals surface area contributed by atoms with Crippen LogP contribution in [-0.4, -0.2) is 37.5 Å². The second kappa shape index (κ2) is 25.5. The summed E-state index contributed by atoms with van der Waals surface area (Å²) in [4.78, 5) is 0. The maximum absolute atomic E-state index is 11.3. The van der Waals surface area contributed by atoms with Gasteiger partial charge < -0.3 is 19.3 Å². The van der Waals surface area contributed by atoms with E-state index in [4.69, 9.17) is 14.2 Å². The smallest absolute Gasteiger partial charge is 0.280 e. The molecule has 0 amide bonds. The van der Waals surface area contributed by atoms with Crippen LogP contribution in [-0.2, 0) is 14.2 Å². The van der Waals surface area contributed by atoms with E-state index < -0.39 is 5.97 Å². The molecule has 0 aliphatic rings. The fraction of sp³-hybridized carbons (Fsp3) is 1.00. The molecular weight excluding hydrogens is 484 g/mol. The minimum atomic E-state index is -1.45. The largest absolute Gasteiger partial charge is 0.381 e. The highest BCUT2D eigenvalue weighted by Gasteiger charge is 2.31. The van der Waals surface area contributed by atoms with Crippen molar-refractivity contribution in [3.8, 4) is 0 Å². The van der Waals surface area contributed by atoms with E-state index in [-0.39, 0.29) is 5.41 Å². The van der Waals surface area contributed by atoms with Gasteiger partial charge >= 0.3 is 0 Å². The highest BCUT2D eigenvalue weighted by molar-refractivity contribution is 4.68. The summed E-state index contributed by atoms with van der Waals surface area (Å²) in [6.45, 7) is 18.7. The fourth-order valence-corrected chi connectivity index (χ4v) is 5.41. The maximum Gasteiger partial charge on any atom is 0.280 e. The molecule has 1 N–H and O–H groups in total. The van der Waals surface area contributed by atoms with Crippen LogP contribution in [0.15, 0.2) is 0 Å². The lowest BCUT2D eigenvalue weighted by molar-refractivity contribution is -0.369. The molecule has 3 unspecified atom stereocenters. The van der Waals surface area contributed by atoms with Crippen molar-refractivity contribution >= 4 is 0 Å². The van der Waals surface area contributed by atoms with Crippen molar-refractivity contribution in [1.29, 1.82) is 0 Å². The molecule has 0 saturated heterocycles. The van der Waals surface area contributed by atoms with E-state index in [1.165, 1.54) is 89.9 Å². The third kappa shape index (κ3) is 26.5. The first-order valence-electron chi connectivity index (χ1n) is 17.2. The molecule has 0 radical (unpaired) electrons. The molecule has 0 spiro atoms. The third-order valence-electron chi connectivity index (χ3n) is 7.82. The van der Waals surface area contributed by atoms with Crippen LogP contribution in [0.5, 0.6) is 0 Å². The minimum absolute atomic E-state index is 0.259. The van der Waals surface area contributed by atoms with E-state index in [0.717, 1.165) is 45.3 Å². The van der Waals surface area contributed by atoms with Crippen LogP contribution in [0.3, 0.4) is 0 Å². The first kappa shape index (κ1) is 38.8. The van der Waals surface area contributed by atoms with Crippen LogP contribution in [0.1, 0.15) is 177 Å². The fourth-order valence-electron chi connectivity index (χ4n) is 5.41. The van der Waals surface area contributed by atoms with Gasteiger partial charge in [0.1, 0.15) is 0 Å². The van der Waals surface area contributed by atoms with Crippen LogP contribution in [0.25, 0.3) is 0 Å². The molecule has 3 atom stereocenters. The zero-order valence-corrected chi connectivity index (χ0v) is 27.8. The lowest BCUT2D eigenvalue weighted by Crippen LogP contribution is -2.39. The molecule has 0 heterocycles. The highest BCUT2D eigenvalue weighted by atomic mass is 16.8. The van der Waals surface area contributed by atoms with Gasteiger partial charge in [0.15, 0.2) is 0 Å². The van der Waals surface area contributed by atoms with E-state index in [1.54, 1.807) is 0 Å². The monoisotopic (exact) mass is 557 g/mol. The van der Waals surface area contributed by atoms with Crippen molar-refractivity contribution in [2.24, 2.45) is 17.3 Å². The van der Waals surface area contributed by atoms with Gasteiger partial charge in [-0.3, -0.25) is 0 Å². The Morgan fingerprint density at radius 3 is 1.62 bits per heavy atom. The minimum Gasteiger partial charge on any atom is -0.381 e. The van der Waals surface area contributed by atoms with Gasteiger partial charge in [0.2, 0.25) is 0 Å². The Morgan fingerprint density at radius 2 is 1.10 bits per heavy atom. The van der Waals surface area contributed by atoms with Crippen molar-refractivity contribution in [3.63, 3.8) is 0 Å².